The van der Waals surface area contributed by atoms with Crippen LogP contribution in [-0.4, -0.2) is 17.0 Å². The lowest BCUT2D eigenvalue weighted by molar-refractivity contribution is -0.131. The number of hydrogen-bond acceptors (Lipinski definition) is 2. The Morgan fingerprint density at radius 1 is 1.29 bits per heavy atom. The zero-order valence-corrected chi connectivity index (χ0v) is 11.6. The van der Waals surface area contributed by atoms with Gasteiger partial charge in [0, 0.05) is 6.42 Å². The molecule has 0 radical (unpaired) electrons. The van der Waals surface area contributed by atoms with Crippen LogP contribution in [0.3, 0.4) is 0 Å². The zero-order valence-electron chi connectivity index (χ0n) is 10.1. The Hall–Kier alpha value is -0.570. The minimum absolute atomic E-state index is 0.162. The summed E-state index contributed by atoms with van der Waals surface area (Å²) in [6.07, 6.45) is -0.813. The quantitative estimate of drug-likeness (QED) is 0.916. The molecule has 4 heteroatoms. The maximum absolute atomic E-state index is 11.8. The van der Waals surface area contributed by atoms with Gasteiger partial charge >= 0.3 is 0 Å². The zero-order chi connectivity index (χ0) is 13.2. The lowest BCUT2D eigenvalue weighted by Crippen LogP contribution is -2.35. The molecule has 1 atom stereocenters. The first-order valence-corrected chi connectivity index (χ1v) is 6.12. The van der Waals surface area contributed by atoms with E-state index in [0.717, 1.165) is 5.56 Å². The normalized spacial score (nSPS) is 13.5. The number of hydrogen-bond donors (Lipinski definition) is 1. The predicted octanol–water partition coefficient (Wildman–Crippen LogP) is 3.51. The molecule has 0 aliphatic carbocycles. The second-order valence-electron chi connectivity index (χ2n) is 5.16. The molecule has 94 valence electrons. The molecule has 1 rings (SSSR count). The van der Waals surface area contributed by atoms with E-state index in [2.05, 4.69) is 0 Å². The van der Waals surface area contributed by atoms with Gasteiger partial charge in [-0.3, -0.25) is 4.79 Å². The smallest absolute Gasteiger partial charge is 0.166 e. The number of halogens is 2. The third-order valence-corrected chi connectivity index (χ3v) is 3.23. The highest BCUT2D eigenvalue weighted by molar-refractivity contribution is 6.42. The maximum atomic E-state index is 11.8. The highest BCUT2D eigenvalue weighted by Gasteiger charge is 2.28. The fourth-order valence-electron chi connectivity index (χ4n) is 1.43. The van der Waals surface area contributed by atoms with Crippen LogP contribution in [0.5, 0.6) is 0 Å². The van der Waals surface area contributed by atoms with Crippen LogP contribution in [0.15, 0.2) is 18.2 Å². The van der Waals surface area contributed by atoms with Crippen LogP contribution in [-0.2, 0) is 11.2 Å². The van der Waals surface area contributed by atoms with Crippen molar-refractivity contribution in [1.29, 1.82) is 0 Å². The van der Waals surface area contributed by atoms with E-state index in [1.807, 2.05) is 20.8 Å². The van der Waals surface area contributed by atoms with Gasteiger partial charge in [0.15, 0.2) is 5.78 Å². The van der Waals surface area contributed by atoms with Gasteiger partial charge in [-0.2, -0.15) is 0 Å². The third-order valence-electron chi connectivity index (χ3n) is 2.49. The summed E-state index contributed by atoms with van der Waals surface area (Å²) in [5, 5.41) is 10.7. The van der Waals surface area contributed by atoms with E-state index in [0.29, 0.717) is 10.0 Å². The van der Waals surface area contributed by atoms with E-state index in [1.54, 1.807) is 18.2 Å². The minimum Gasteiger partial charge on any atom is -0.385 e. The molecule has 1 aromatic rings. The van der Waals surface area contributed by atoms with E-state index in [4.69, 9.17) is 23.2 Å². The average Bonchev–Trinajstić information content (AvgIpc) is 2.21. The molecular formula is C13H16Cl2O2. The Kier molecular flexibility index (Phi) is 4.59. The highest BCUT2D eigenvalue weighted by atomic mass is 35.5. The van der Waals surface area contributed by atoms with Crippen LogP contribution >= 0.6 is 23.2 Å². The van der Waals surface area contributed by atoms with Crippen molar-refractivity contribution < 1.29 is 9.90 Å². The molecule has 0 heterocycles. The van der Waals surface area contributed by atoms with Gasteiger partial charge in [-0.1, -0.05) is 50.0 Å². The lowest BCUT2D eigenvalue weighted by atomic mass is 9.85. The number of carbonyl (C=O) groups is 1. The highest BCUT2D eigenvalue weighted by Crippen LogP contribution is 2.25. The molecule has 0 spiro atoms. The van der Waals surface area contributed by atoms with Gasteiger partial charge in [0.05, 0.1) is 10.0 Å². The lowest BCUT2D eigenvalue weighted by Gasteiger charge is -2.24. The number of aliphatic hydroxyl groups is 1. The maximum Gasteiger partial charge on any atom is 0.166 e. The minimum atomic E-state index is -0.975. The molecule has 0 fully saturated rings. The van der Waals surface area contributed by atoms with Gasteiger partial charge < -0.3 is 5.11 Å². The monoisotopic (exact) mass is 274 g/mol. The van der Waals surface area contributed by atoms with E-state index in [1.165, 1.54) is 0 Å². The van der Waals surface area contributed by atoms with Crippen molar-refractivity contribution in [2.75, 3.05) is 0 Å². The largest absolute Gasteiger partial charge is 0.385 e. The van der Waals surface area contributed by atoms with Gasteiger partial charge in [0.25, 0.3) is 0 Å². The summed E-state index contributed by atoms with van der Waals surface area (Å²) in [5.74, 6) is -0.212. The first-order chi connectivity index (χ1) is 7.71. The van der Waals surface area contributed by atoms with Crippen molar-refractivity contribution in [2.45, 2.75) is 33.3 Å². The van der Waals surface area contributed by atoms with Crippen molar-refractivity contribution in [3.05, 3.63) is 33.8 Å². The first kappa shape index (κ1) is 14.5. The van der Waals surface area contributed by atoms with Crippen molar-refractivity contribution >= 4 is 29.0 Å². The van der Waals surface area contributed by atoms with Crippen LogP contribution in [0.4, 0.5) is 0 Å². The number of ketones is 1. The van der Waals surface area contributed by atoms with Crippen LogP contribution < -0.4 is 0 Å². The Bertz CT molecular complexity index is 422. The van der Waals surface area contributed by atoms with Crippen LogP contribution in [0.2, 0.25) is 10.0 Å². The summed E-state index contributed by atoms with van der Waals surface area (Å²) in [4.78, 5) is 11.8. The number of Topliss-reactive ketones (excluding diaryl/α,β-unsaturated/α-hetero) is 1. The summed E-state index contributed by atoms with van der Waals surface area (Å²) in [6, 6.07) is 5.04. The summed E-state index contributed by atoms with van der Waals surface area (Å²) >= 11 is 11.6. The van der Waals surface area contributed by atoms with Crippen LogP contribution in [0, 0.1) is 5.41 Å². The summed E-state index contributed by atoms with van der Waals surface area (Å²) in [5.41, 5.74) is 0.306. The molecule has 0 aliphatic rings. The number of benzene rings is 1. The molecule has 0 bridgehead atoms. The fraction of sp³-hybridized carbons (Fsp3) is 0.462. The number of aliphatic hydroxyl groups excluding tert-OH is 1. The van der Waals surface area contributed by atoms with E-state index < -0.39 is 11.5 Å². The SMILES string of the molecule is CC(C)(C)C(O)C(=O)Cc1ccc(Cl)c(Cl)c1. The van der Waals surface area contributed by atoms with Gasteiger partial charge in [0.1, 0.15) is 6.10 Å². The molecule has 1 unspecified atom stereocenters. The van der Waals surface area contributed by atoms with E-state index >= 15 is 0 Å². The average molecular weight is 275 g/mol. The van der Waals surface area contributed by atoms with Gasteiger partial charge in [0.2, 0.25) is 0 Å². The number of carbonyl (C=O) groups excluding carboxylic acids is 1. The molecule has 2 nitrogen and oxygen atoms in total. The van der Waals surface area contributed by atoms with Crippen LogP contribution in [0.1, 0.15) is 26.3 Å². The van der Waals surface area contributed by atoms with Crippen molar-refractivity contribution in [2.24, 2.45) is 5.41 Å². The summed E-state index contributed by atoms with van der Waals surface area (Å²) in [7, 11) is 0. The molecule has 0 saturated carbocycles. The molecule has 1 aromatic carbocycles. The van der Waals surface area contributed by atoms with Crippen molar-refractivity contribution in [3.63, 3.8) is 0 Å². The van der Waals surface area contributed by atoms with Gasteiger partial charge in [-0.05, 0) is 23.1 Å². The molecule has 17 heavy (non-hydrogen) atoms. The molecule has 0 aromatic heterocycles. The van der Waals surface area contributed by atoms with Crippen molar-refractivity contribution in [1.82, 2.24) is 0 Å². The van der Waals surface area contributed by atoms with Crippen LogP contribution in [0.25, 0.3) is 0 Å². The summed E-state index contributed by atoms with van der Waals surface area (Å²) in [6.45, 7) is 5.47. The number of rotatable bonds is 3. The Balaban J connectivity index is 2.78. The topological polar surface area (TPSA) is 37.3 Å². The second kappa shape index (κ2) is 5.38. The molecule has 0 amide bonds. The Morgan fingerprint density at radius 3 is 2.35 bits per heavy atom. The fourth-order valence-corrected chi connectivity index (χ4v) is 1.75. The molecule has 1 N–H and O–H groups in total. The molecular weight excluding hydrogens is 259 g/mol. The first-order valence-electron chi connectivity index (χ1n) is 5.36. The van der Waals surface area contributed by atoms with E-state index in [-0.39, 0.29) is 12.2 Å². The van der Waals surface area contributed by atoms with Crippen molar-refractivity contribution in [3.8, 4) is 0 Å². The molecule has 0 saturated heterocycles. The van der Waals surface area contributed by atoms with E-state index in [9.17, 15) is 9.90 Å². The summed E-state index contributed by atoms with van der Waals surface area (Å²) < 4.78 is 0. The third kappa shape index (κ3) is 3.98. The van der Waals surface area contributed by atoms with Gasteiger partial charge in [-0.15, -0.1) is 0 Å². The Labute approximate surface area is 112 Å². The predicted molar refractivity (Wildman–Crippen MR) is 70.6 cm³/mol. The van der Waals surface area contributed by atoms with Gasteiger partial charge in [-0.25, -0.2) is 0 Å². The second-order valence-corrected chi connectivity index (χ2v) is 5.97. The standard InChI is InChI=1S/C13H16Cl2O2/c1-13(2,3)12(17)11(16)7-8-4-5-9(14)10(15)6-8/h4-6,12,17H,7H2,1-3H3. The Morgan fingerprint density at radius 2 is 1.88 bits per heavy atom. The molecule has 0 aliphatic heterocycles.